The van der Waals surface area contributed by atoms with Gasteiger partial charge in [0.1, 0.15) is 13.2 Å². The van der Waals surface area contributed by atoms with Crippen molar-refractivity contribution in [3.05, 3.63) is 35.9 Å². The van der Waals surface area contributed by atoms with Crippen molar-refractivity contribution in [2.24, 2.45) is 5.41 Å². The molecule has 1 rings (SSSR count). The molecule has 0 aliphatic heterocycles. The van der Waals surface area contributed by atoms with E-state index >= 15 is 0 Å². The molecule has 0 saturated carbocycles. The number of esters is 1. The van der Waals surface area contributed by atoms with E-state index in [4.69, 9.17) is 30.0 Å². The molecule has 0 radical (unpaired) electrons. The van der Waals surface area contributed by atoms with Crippen LogP contribution in [0, 0.1) is 5.41 Å². The Morgan fingerprint density at radius 1 is 1.06 bits per heavy atom. The summed E-state index contributed by atoms with van der Waals surface area (Å²) in [6.45, 7) is 4.46. The van der Waals surface area contributed by atoms with Crippen LogP contribution in [0.1, 0.15) is 32.8 Å². The normalized spacial score (nSPS) is 12.8. The topological polar surface area (TPSA) is 114 Å². The lowest BCUT2D eigenvalue weighted by atomic mass is 9.87. The van der Waals surface area contributed by atoms with Gasteiger partial charge in [-0.15, -0.1) is 11.6 Å². The van der Waals surface area contributed by atoms with Crippen LogP contribution in [0.5, 0.6) is 0 Å². The van der Waals surface area contributed by atoms with E-state index in [1.54, 1.807) is 20.8 Å². The van der Waals surface area contributed by atoms with Crippen LogP contribution in [0.4, 0.5) is 4.79 Å². The average Bonchev–Trinajstić information content (AvgIpc) is 2.75. The summed E-state index contributed by atoms with van der Waals surface area (Å²) in [6, 6.07) is 9.17. The molecule has 0 amide bonds. The van der Waals surface area contributed by atoms with Gasteiger partial charge in [0.2, 0.25) is 0 Å². The zero-order valence-electron chi connectivity index (χ0n) is 18.6. The Kier molecular flexibility index (Phi) is 12.6. The molecule has 32 heavy (non-hydrogen) atoms. The molecule has 1 unspecified atom stereocenters. The predicted octanol–water partition coefficient (Wildman–Crippen LogP) is 3.29. The van der Waals surface area contributed by atoms with Crippen molar-refractivity contribution in [2.45, 2.75) is 39.9 Å². The van der Waals surface area contributed by atoms with Gasteiger partial charge in [-0.3, -0.25) is 4.18 Å². The first-order chi connectivity index (χ1) is 15.1. The van der Waals surface area contributed by atoms with Crippen molar-refractivity contribution in [3.8, 4) is 0 Å². The van der Waals surface area contributed by atoms with Crippen molar-refractivity contribution in [1.82, 2.24) is 0 Å². The van der Waals surface area contributed by atoms with Gasteiger partial charge in [0, 0.05) is 11.3 Å². The lowest BCUT2D eigenvalue weighted by Gasteiger charge is -2.32. The van der Waals surface area contributed by atoms with Crippen LogP contribution in [0.3, 0.4) is 0 Å². The fourth-order valence-electron chi connectivity index (χ4n) is 2.48. The van der Waals surface area contributed by atoms with Gasteiger partial charge in [0.15, 0.2) is 6.10 Å². The minimum Gasteiger partial charge on any atom is -0.460 e. The smallest absolute Gasteiger partial charge is 0.460 e. The van der Waals surface area contributed by atoms with Gasteiger partial charge in [-0.2, -0.15) is 8.42 Å². The van der Waals surface area contributed by atoms with E-state index in [2.05, 4.69) is 4.74 Å². The van der Waals surface area contributed by atoms with Gasteiger partial charge < -0.3 is 18.9 Å². The van der Waals surface area contributed by atoms with Crippen molar-refractivity contribution in [3.63, 3.8) is 0 Å². The maximum atomic E-state index is 12.7. The summed E-state index contributed by atoms with van der Waals surface area (Å²) < 4.78 is 49.6. The molecular weight excluding hydrogens is 464 g/mol. The Bertz CT molecular complexity index is 797. The second kappa shape index (κ2) is 14.3. The van der Waals surface area contributed by atoms with Gasteiger partial charge in [0.05, 0.1) is 25.6 Å². The summed E-state index contributed by atoms with van der Waals surface area (Å²) in [6.07, 6.45) is -1.76. The Morgan fingerprint density at radius 3 is 2.34 bits per heavy atom. The van der Waals surface area contributed by atoms with Crippen molar-refractivity contribution in [2.75, 3.05) is 38.1 Å². The summed E-state index contributed by atoms with van der Waals surface area (Å²) in [5, 5.41) is 0. The number of rotatable bonds is 15. The highest BCUT2D eigenvalue weighted by molar-refractivity contribution is 7.86. The number of hydrogen-bond donors (Lipinski definition) is 0. The highest BCUT2D eigenvalue weighted by Crippen LogP contribution is 2.27. The quantitative estimate of drug-likeness (QED) is 0.157. The number of alkyl halides is 1. The number of carbonyl (C=O) groups excluding carboxylic acids is 2. The van der Waals surface area contributed by atoms with E-state index in [1.165, 1.54) is 0 Å². The minimum absolute atomic E-state index is 0.0996. The summed E-state index contributed by atoms with van der Waals surface area (Å²) >= 11 is 5.55. The standard InChI is InChI=1S/C21H31ClO9S/c1-4-27-20(24)29-13-12-28-19(23)18(30-15-17-9-6-5-7-10-17)21(2,3)16-31-32(25,26)14-8-11-22/h5-7,9-10,18H,4,8,11-16H2,1-3H3. The molecule has 0 spiro atoms. The van der Waals surface area contributed by atoms with Crippen LogP contribution in [0.2, 0.25) is 0 Å². The molecule has 9 nitrogen and oxygen atoms in total. The highest BCUT2D eigenvalue weighted by Gasteiger charge is 2.39. The lowest BCUT2D eigenvalue weighted by molar-refractivity contribution is -0.170. The molecular formula is C21H31ClO9S. The number of carbonyl (C=O) groups is 2. The number of benzene rings is 1. The van der Waals surface area contributed by atoms with E-state index in [1.807, 2.05) is 30.3 Å². The van der Waals surface area contributed by atoms with Gasteiger partial charge in [-0.25, -0.2) is 9.59 Å². The first kappa shape index (κ1) is 28.2. The van der Waals surface area contributed by atoms with E-state index < -0.39 is 33.8 Å². The minimum atomic E-state index is -3.80. The molecule has 0 N–H and O–H groups in total. The Hall–Kier alpha value is -1.88. The molecule has 1 atom stereocenters. The van der Waals surface area contributed by atoms with E-state index in [9.17, 15) is 18.0 Å². The first-order valence-electron chi connectivity index (χ1n) is 10.2. The van der Waals surface area contributed by atoms with Crippen LogP contribution < -0.4 is 0 Å². The monoisotopic (exact) mass is 494 g/mol. The van der Waals surface area contributed by atoms with Crippen LogP contribution in [0.25, 0.3) is 0 Å². The number of ether oxygens (including phenoxy) is 4. The van der Waals surface area contributed by atoms with Gasteiger partial charge >= 0.3 is 12.1 Å². The largest absolute Gasteiger partial charge is 0.508 e. The second-order valence-corrected chi connectivity index (χ2v) is 9.57. The fourth-order valence-corrected chi connectivity index (χ4v) is 3.87. The molecule has 182 valence electrons. The molecule has 0 aliphatic rings. The summed E-state index contributed by atoms with van der Waals surface area (Å²) in [5.74, 6) is -0.771. The van der Waals surface area contributed by atoms with Gasteiger partial charge in [-0.05, 0) is 18.9 Å². The van der Waals surface area contributed by atoms with Gasteiger partial charge in [-0.1, -0.05) is 44.2 Å². The zero-order chi connectivity index (χ0) is 24.0. The van der Waals surface area contributed by atoms with Crippen LogP contribution >= 0.6 is 11.6 Å². The molecule has 1 aromatic rings. The second-order valence-electron chi connectivity index (χ2n) is 7.43. The molecule has 0 aromatic heterocycles. The lowest BCUT2D eigenvalue weighted by Crippen LogP contribution is -2.44. The van der Waals surface area contributed by atoms with Crippen LogP contribution in [-0.2, 0) is 44.7 Å². The number of hydrogen-bond acceptors (Lipinski definition) is 9. The van der Waals surface area contributed by atoms with Crippen molar-refractivity contribution in [1.29, 1.82) is 0 Å². The van der Waals surface area contributed by atoms with E-state index in [0.29, 0.717) is 0 Å². The summed E-state index contributed by atoms with van der Waals surface area (Å²) in [4.78, 5) is 23.9. The molecule has 0 bridgehead atoms. The van der Waals surface area contributed by atoms with E-state index in [0.717, 1.165) is 5.56 Å². The molecule has 11 heteroatoms. The maximum absolute atomic E-state index is 12.7. The Morgan fingerprint density at radius 2 is 1.72 bits per heavy atom. The molecule has 0 fully saturated rings. The molecule has 1 aromatic carbocycles. The zero-order valence-corrected chi connectivity index (χ0v) is 20.2. The summed E-state index contributed by atoms with van der Waals surface area (Å²) in [7, 11) is -3.80. The first-order valence-corrected chi connectivity index (χ1v) is 12.3. The van der Waals surface area contributed by atoms with E-state index in [-0.39, 0.29) is 51.1 Å². The van der Waals surface area contributed by atoms with Crippen LogP contribution in [-0.4, -0.2) is 64.7 Å². The highest BCUT2D eigenvalue weighted by atomic mass is 35.5. The van der Waals surface area contributed by atoms with Crippen molar-refractivity contribution < 1.29 is 41.1 Å². The Labute approximate surface area is 194 Å². The molecule has 0 saturated heterocycles. The third kappa shape index (κ3) is 11.1. The van der Waals surface area contributed by atoms with Gasteiger partial charge in [0.25, 0.3) is 10.1 Å². The fraction of sp³-hybridized carbons (Fsp3) is 0.619. The molecule has 0 aliphatic carbocycles. The third-order valence-electron chi connectivity index (χ3n) is 4.13. The Balaban J connectivity index is 2.78. The predicted molar refractivity (Wildman–Crippen MR) is 118 cm³/mol. The molecule has 0 heterocycles. The number of halogens is 1. The van der Waals surface area contributed by atoms with Crippen LogP contribution in [0.15, 0.2) is 30.3 Å². The SMILES string of the molecule is CCOC(=O)OCCOC(=O)C(OCc1ccccc1)C(C)(C)COS(=O)(=O)CCCCl. The average molecular weight is 495 g/mol. The summed E-state index contributed by atoms with van der Waals surface area (Å²) in [5.41, 5.74) is -0.232. The third-order valence-corrected chi connectivity index (χ3v) is 5.66. The maximum Gasteiger partial charge on any atom is 0.508 e. The van der Waals surface area contributed by atoms with Crippen molar-refractivity contribution >= 4 is 33.8 Å².